The minimum absolute atomic E-state index is 0.0529. The molecule has 0 fully saturated rings. The van der Waals surface area contributed by atoms with E-state index in [0.717, 1.165) is 31.9 Å². The predicted molar refractivity (Wildman–Crippen MR) is 73.8 cm³/mol. The van der Waals surface area contributed by atoms with Crippen LogP contribution in [0.2, 0.25) is 0 Å². The first-order valence-electron chi connectivity index (χ1n) is 6.08. The molecule has 6 heteroatoms. The Morgan fingerprint density at radius 1 is 1.39 bits per heavy atom. The summed E-state index contributed by atoms with van der Waals surface area (Å²) < 4.78 is 0. The molecule has 0 aromatic heterocycles. The number of nitrogens with two attached hydrogens (primary N) is 1. The van der Waals surface area contributed by atoms with Gasteiger partial charge in [0, 0.05) is 24.8 Å². The number of nitrogens with one attached hydrogen (secondary N) is 1. The molecule has 0 saturated heterocycles. The van der Waals surface area contributed by atoms with Gasteiger partial charge in [0.1, 0.15) is 5.69 Å². The molecule has 6 nitrogen and oxygen atoms in total. The van der Waals surface area contributed by atoms with E-state index in [2.05, 4.69) is 24.1 Å². The third-order valence-corrected chi connectivity index (χ3v) is 2.88. The average Bonchev–Trinajstić information content (AvgIpc) is 2.36. The van der Waals surface area contributed by atoms with Crippen molar-refractivity contribution in [2.24, 2.45) is 0 Å². The van der Waals surface area contributed by atoms with Crippen molar-refractivity contribution in [2.75, 3.05) is 37.2 Å². The first-order valence-corrected chi connectivity index (χ1v) is 6.08. The standard InChI is InChI=1S/C12H20N4O2/c1-3-15(4-2)8-7-14-10-5-6-11(13)12(9-10)16(17)18/h5-6,9,14H,3-4,7-8,13H2,1-2H3. The minimum Gasteiger partial charge on any atom is -0.393 e. The first kappa shape index (κ1) is 14.2. The third-order valence-electron chi connectivity index (χ3n) is 2.88. The lowest BCUT2D eigenvalue weighted by molar-refractivity contribution is -0.383. The maximum absolute atomic E-state index is 10.7. The van der Waals surface area contributed by atoms with Gasteiger partial charge in [-0.15, -0.1) is 0 Å². The lowest BCUT2D eigenvalue weighted by Gasteiger charge is -2.18. The highest BCUT2D eigenvalue weighted by Gasteiger charge is 2.11. The Labute approximate surface area is 107 Å². The molecule has 0 aliphatic heterocycles. The first-order chi connectivity index (χ1) is 8.58. The second-order valence-corrected chi connectivity index (χ2v) is 3.98. The summed E-state index contributed by atoms with van der Waals surface area (Å²) in [5.74, 6) is 0. The van der Waals surface area contributed by atoms with Crippen LogP contribution >= 0.6 is 0 Å². The fourth-order valence-corrected chi connectivity index (χ4v) is 1.71. The Balaban J connectivity index is 2.58. The number of nitrogens with zero attached hydrogens (tertiary/aromatic N) is 2. The highest BCUT2D eigenvalue weighted by Crippen LogP contribution is 2.24. The van der Waals surface area contributed by atoms with Gasteiger partial charge < -0.3 is 16.0 Å². The Morgan fingerprint density at radius 3 is 2.61 bits per heavy atom. The number of nitrogen functional groups attached to an aromatic ring is 1. The van der Waals surface area contributed by atoms with E-state index in [1.807, 2.05) is 0 Å². The molecule has 0 aliphatic carbocycles. The van der Waals surface area contributed by atoms with Crippen molar-refractivity contribution < 1.29 is 4.92 Å². The van der Waals surface area contributed by atoms with Gasteiger partial charge in [0.15, 0.2) is 0 Å². The van der Waals surface area contributed by atoms with Crippen LogP contribution < -0.4 is 11.1 Å². The monoisotopic (exact) mass is 252 g/mol. The van der Waals surface area contributed by atoms with E-state index in [1.54, 1.807) is 12.1 Å². The van der Waals surface area contributed by atoms with Crippen molar-refractivity contribution >= 4 is 17.1 Å². The smallest absolute Gasteiger partial charge is 0.294 e. The maximum Gasteiger partial charge on any atom is 0.294 e. The molecule has 1 aromatic carbocycles. The number of nitro benzene ring substituents is 1. The number of nitro groups is 1. The van der Waals surface area contributed by atoms with Crippen molar-refractivity contribution in [3.63, 3.8) is 0 Å². The topological polar surface area (TPSA) is 84.4 Å². The average molecular weight is 252 g/mol. The zero-order valence-corrected chi connectivity index (χ0v) is 10.8. The van der Waals surface area contributed by atoms with E-state index in [9.17, 15) is 10.1 Å². The molecule has 0 radical (unpaired) electrons. The van der Waals surface area contributed by atoms with E-state index in [0.29, 0.717) is 0 Å². The second kappa shape index (κ2) is 6.80. The van der Waals surface area contributed by atoms with Gasteiger partial charge in [0.2, 0.25) is 0 Å². The second-order valence-electron chi connectivity index (χ2n) is 3.98. The Kier molecular flexibility index (Phi) is 5.38. The summed E-state index contributed by atoms with van der Waals surface area (Å²) in [5.41, 5.74) is 6.39. The SMILES string of the molecule is CCN(CC)CCNc1ccc(N)c([N+](=O)[O-])c1. The highest BCUT2D eigenvalue weighted by atomic mass is 16.6. The molecule has 18 heavy (non-hydrogen) atoms. The van der Waals surface area contributed by atoms with Crippen LogP contribution in [0, 0.1) is 10.1 Å². The van der Waals surface area contributed by atoms with Gasteiger partial charge in [-0.2, -0.15) is 0 Å². The third kappa shape index (κ3) is 3.89. The van der Waals surface area contributed by atoms with E-state index in [4.69, 9.17) is 5.73 Å². The molecule has 0 bridgehead atoms. The number of anilines is 2. The van der Waals surface area contributed by atoms with Gasteiger partial charge in [-0.25, -0.2) is 0 Å². The Hall–Kier alpha value is -1.82. The summed E-state index contributed by atoms with van der Waals surface area (Å²) in [6.45, 7) is 7.88. The molecule has 0 aliphatic rings. The number of benzene rings is 1. The molecule has 0 amide bonds. The molecule has 0 unspecified atom stereocenters. The number of hydrogen-bond donors (Lipinski definition) is 2. The van der Waals surface area contributed by atoms with Gasteiger partial charge in [-0.05, 0) is 25.2 Å². The predicted octanol–water partition coefficient (Wildman–Crippen LogP) is 1.93. The summed E-state index contributed by atoms with van der Waals surface area (Å²) in [5, 5.41) is 13.9. The minimum atomic E-state index is -0.467. The lowest BCUT2D eigenvalue weighted by atomic mass is 10.2. The molecular weight excluding hydrogens is 232 g/mol. The summed E-state index contributed by atoms with van der Waals surface area (Å²) in [6, 6.07) is 4.78. The summed E-state index contributed by atoms with van der Waals surface area (Å²) in [7, 11) is 0. The lowest BCUT2D eigenvalue weighted by Crippen LogP contribution is -2.28. The van der Waals surface area contributed by atoms with Crippen LogP contribution in [-0.2, 0) is 0 Å². The van der Waals surface area contributed by atoms with E-state index in [-0.39, 0.29) is 11.4 Å². The van der Waals surface area contributed by atoms with Crippen LogP contribution in [0.15, 0.2) is 18.2 Å². The molecule has 0 atom stereocenters. The molecular formula is C12H20N4O2. The number of rotatable bonds is 7. The van der Waals surface area contributed by atoms with Gasteiger partial charge >= 0.3 is 0 Å². The van der Waals surface area contributed by atoms with Crippen molar-refractivity contribution in [1.29, 1.82) is 0 Å². The summed E-state index contributed by atoms with van der Waals surface area (Å²) >= 11 is 0. The maximum atomic E-state index is 10.7. The van der Waals surface area contributed by atoms with E-state index >= 15 is 0 Å². The number of hydrogen-bond acceptors (Lipinski definition) is 5. The van der Waals surface area contributed by atoms with Crippen LogP contribution in [0.3, 0.4) is 0 Å². The summed E-state index contributed by atoms with van der Waals surface area (Å²) in [6.07, 6.45) is 0. The Morgan fingerprint density at radius 2 is 2.06 bits per heavy atom. The van der Waals surface area contributed by atoms with Gasteiger partial charge in [0.05, 0.1) is 4.92 Å². The zero-order chi connectivity index (χ0) is 13.5. The Bertz CT molecular complexity index is 405. The van der Waals surface area contributed by atoms with Crippen LogP contribution in [0.25, 0.3) is 0 Å². The molecule has 0 heterocycles. The number of likely N-dealkylation sites (N-methyl/N-ethyl adjacent to an activating group) is 1. The largest absolute Gasteiger partial charge is 0.393 e. The van der Waals surface area contributed by atoms with Crippen molar-refractivity contribution in [1.82, 2.24) is 4.90 Å². The van der Waals surface area contributed by atoms with Crippen molar-refractivity contribution in [3.05, 3.63) is 28.3 Å². The fraction of sp³-hybridized carbons (Fsp3) is 0.500. The van der Waals surface area contributed by atoms with Crippen LogP contribution in [-0.4, -0.2) is 36.0 Å². The molecule has 1 aromatic rings. The van der Waals surface area contributed by atoms with E-state index < -0.39 is 4.92 Å². The van der Waals surface area contributed by atoms with Crippen molar-refractivity contribution in [2.45, 2.75) is 13.8 Å². The normalized spacial score (nSPS) is 10.6. The highest BCUT2D eigenvalue weighted by molar-refractivity contribution is 5.65. The van der Waals surface area contributed by atoms with Gasteiger partial charge in [-0.1, -0.05) is 13.8 Å². The molecule has 100 valence electrons. The van der Waals surface area contributed by atoms with Gasteiger partial charge in [0.25, 0.3) is 5.69 Å². The summed E-state index contributed by atoms with van der Waals surface area (Å²) in [4.78, 5) is 12.5. The molecule has 3 N–H and O–H groups in total. The van der Waals surface area contributed by atoms with Crippen molar-refractivity contribution in [3.8, 4) is 0 Å². The molecule has 1 rings (SSSR count). The quantitative estimate of drug-likeness (QED) is 0.440. The zero-order valence-electron chi connectivity index (χ0n) is 10.8. The molecule has 0 spiro atoms. The van der Waals surface area contributed by atoms with Crippen LogP contribution in [0.1, 0.15) is 13.8 Å². The molecule has 0 saturated carbocycles. The van der Waals surface area contributed by atoms with E-state index in [1.165, 1.54) is 6.07 Å². The fourth-order valence-electron chi connectivity index (χ4n) is 1.71. The van der Waals surface area contributed by atoms with Gasteiger partial charge in [-0.3, -0.25) is 10.1 Å². The van der Waals surface area contributed by atoms with Crippen LogP contribution in [0.4, 0.5) is 17.1 Å². The van der Waals surface area contributed by atoms with Crippen LogP contribution in [0.5, 0.6) is 0 Å².